The first-order chi connectivity index (χ1) is 12.5. The molecule has 1 saturated carbocycles. The fourth-order valence-corrected chi connectivity index (χ4v) is 4.46. The number of carbonyl (C=O) groups is 2. The number of hydroxylamine groups is 1. The molecule has 2 amide bonds. The average Bonchev–Trinajstić information content (AvgIpc) is 3.21. The predicted molar refractivity (Wildman–Crippen MR) is 91.8 cm³/mol. The van der Waals surface area contributed by atoms with Crippen LogP contribution in [0.3, 0.4) is 0 Å². The van der Waals surface area contributed by atoms with Crippen molar-refractivity contribution in [2.45, 2.75) is 37.6 Å². The van der Waals surface area contributed by atoms with E-state index in [1.165, 1.54) is 12.1 Å². The topological polar surface area (TPSA) is 81.7 Å². The lowest BCUT2D eigenvalue weighted by atomic mass is 9.81. The first-order valence-electron chi connectivity index (χ1n) is 9.23. The zero-order valence-corrected chi connectivity index (χ0v) is 14.6. The van der Waals surface area contributed by atoms with Crippen LogP contribution in [0.4, 0.5) is 4.39 Å². The average molecular weight is 361 g/mol. The number of nitrogens with zero attached hydrogens (tertiary/aromatic N) is 1. The highest BCUT2D eigenvalue weighted by molar-refractivity contribution is 5.90. The SMILES string of the molecule is O=C(NO)C1CC2(CC2)CNC1C(=O)N1CCC(c2cccc(F)c2)C1. The lowest BCUT2D eigenvalue weighted by molar-refractivity contribution is -0.144. The number of carbonyl (C=O) groups excluding carboxylic acids is 2. The number of halogens is 1. The van der Waals surface area contributed by atoms with Crippen LogP contribution in [0.1, 0.15) is 37.2 Å². The highest BCUT2D eigenvalue weighted by atomic mass is 19.1. The molecule has 1 spiro atoms. The van der Waals surface area contributed by atoms with E-state index in [-0.39, 0.29) is 23.1 Å². The summed E-state index contributed by atoms with van der Waals surface area (Å²) in [7, 11) is 0. The summed E-state index contributed by atoms with van der Waals surface area (Å²) < 4.78 is 13.5. The molecule has 3 atom stereocenters. The lowest BCUT2D eigenvalue weighted by Crippen LogP contribution is -2.58. The summed E-state index contributed by atoms with van der Waals surface area (Å²) in [4.78, 5) is 26.9. The quantitative estimate of drug-likeness (QED) is 0.562. The molecule has 1 aliphatic carbocycles. The molecule has 3 fully saturated rings. The van der Waals surface area contributed by atoms with E-state index in [0.717, 1.165) is 31.4 Å². The minimum atomic E-state index is -0.611. The highest BCUT2D eigenvalue weighted by Gasteiger charge is 2.53. The Morgan fingerprint density at radius 3 is 2.85 bits per heavy atom. The Morgan fingerprint density at radius 1 is 1.35 bits per heavy atom. The van der Waals surface area contributed by atoms with E-state index < -0.39 is 17.9 Å². The Morgan fingerprint density at radius 2 is 2.15 bits per heavy atom. The van der Waals surface area contributed by atoms with Gasteiger partial charge in [-0.1, -0.05) is 12.1 Å². The maximum atomic E-state index is 13.5. The summed E-state index contributed by atoms with van der Waals surface area (Å²) in [5.41, 5.74) is 2.74. The number of benzene rings is 1. The number of amides is 2. The van der Waals surface area contributed by atoms with Crippen molar-refractivity contribution in [2.24, 2.45) is 11.3 Å². The molecule has 4 rings (SSSR count). The smallest absolute Gasteiger partial charge is 0.248 e. The van der Waals surface area contributed by atoms with Crippen LogP contribution >= 0.6 is 0 Å². The normalized spacial score (nSPS) is 29.6. The van der Waals surface area contributed by atoms with Gasteiger partial charge in [-0.15, -0.1) is 0 Å². The van der Waals surface area contributed by atoms with Crippen molar-refractivity contribution in [3.05, 3.63) is 35.6 Å². The van der Waals surface area contributed by atoms with Crippen LogP contribution in [0.5, 0.6) is 0 Å². The third kappa shape index (κ3) is 3.21. The standard InChI is InChI=1S/C19H24FN3O3/c20-14-3-1-2-12(8-14)13-4-7-23(10-13)18(25)16-15(17(24)22-26)9-19(5-6-19)11-21-16/h1-3,8,13,15-16,21,26H,4-7,9-11H2,(H,22,24). The van der Waals surface area contributed by atoms with Gasteiger partial charge in [-0.05, 0) is 48.8 Å². The van der Waals surface area contributed by atoms with Crippen molar-refractivity contribution < 1.29 is 19.2 Å². The molecule has 3 aliphatic rings. The zero-order valence-electron chi connectivity index (χ0n) is 14.6. The maximum absolute atomic E-state index is 13.5. The second-order valence-electron chi connectivity index (χ2n) is 7.97. The fourth-order valence-electron chi connectivity index (χ4n) is 4.46. The van der Waals surface area contributed by atoms with Crippen molar-refractivity contribution in [2.75, 3.05) is 19.6 Å². The third-order valence-corrected chi connectivity index (χ3v) is 6.24. The molecule has 0 aromatic heterocycles. The summed E-state index contributed by atoms with van der Waals surface area (Å²) in [6, 6.07) is 5.91. The van der Waals surface area contributed by atoms with Crippen molar-refractivity contribution in [1.82, 2.24) is 15.7 Å². The van der Waals surface area contributed by atoms with Crippen LogP contribution < -0.4 is 10.8 Å². The van der Waals surface area contributed by atoms with Crippen molar-refractivity contribution in [1.29, 1.82) is 0 Å². The molecular weight excluding hydrogens is 337 g/mol. The Bertz CT molecular complexity index is 722. The van der Waals surface area contributed by atoms with E-state index in [1.807, 2.05) is 6.07 Å². The highest BCUT2D eigenvalue weighted by Crippen LogP contribution is 2.52. The van der Waals surface area contributed by atoms with Gasteiger partial charge in [0.2, 0.25) is 11.8 Å². The summed E-state index contributed by atoms with van der Waals surface area (Å²) in [6.07, 6.45) is 3.52. The van der Waals surface area contributed by atoms with Gasteiger partial charge in [0.25, 0.3) is 0 Å². The Hall–Kier alpha value is -1.99. The molecule has 2 heterocycles. The molecule has 0 bridgehead atoms. The summed E-state index contributed by atoms with van der Waals surface area (Å²) in [5.74, 6) is -1.32. The third-order valence-electron chi connectivity index (χ3n) is 6.24. The molecule has 3 unspecified atom stereocenters. The summed E-state index contributed by atoms with van der Waals surface area (Å²) in [5, 5.41) is 12.3. The summed E-state index contributed by atoms with van der Waals surface area (Å²) >= 11 is 0. The molecular formula is C19H24FN3O3. The predicted octanol–water partition coefficient (Wildman–Crippen LogP) is 1.41. The van der Waals surface area contributed by atoms with Crippen LogP contribution in [0.2, 0.25) is 0 Å². The van der Waals surface area contributed by atoms with Gasteiger partial charge in [-0.25, -0.2) is 9.87 Å². The molecule has 2 saturated heterocycles. The number of likely N-dealkylation sites (tertiary alicyclic amines) is 1. The first-order valence-corrected chi connectivity index (χ1v) is 9.23. The molecule has 2 aliphatic heterocycles. The number of hydrogen-bond acceptors (Lipinski definition) is 4. The number of hydrogen-bond donors (Lipinski definition) is 3. The number of piperidine rings is 1. The largest absolute Gasteiger partial charge is 0.341 e. The Balaban J connectivity index is 1.45. The van der Waals surface area contributed by atoms with E-state index in [4.69, 9.17) is 5.21 Å². The van der Waals surface area contributed by atoms with Gasteiger partial charge in [0, 0.05) is 25.6 Å². The van der Waals surface area contributed by atoms with Crippen LogP contribution in [0.15, 0.2) is 24.3 Å². The minimum absolute atomic E-state index is 0.104. The first kappa shape index (κ1) is 17.4. The van der Waals surface area contributed by atoms with Gasteiger partial charge in [0.15, 0.2) is 0 Å². The molecule has 6 nitrogen and oxygen atoms in total. The molecule has 1 aromatic carbocycles. The van der Waals surface area contributed by atoms with Crippen molar-refractivity contribution >= 4 is 11.8 Å². The second kappa shape index (κ2) is 6.63. The molecule has 26 heavy (non-hydrogen) atoms. The second-order valence-corrected chi connectivity index (χ2v) is 7.97. The molecule has 0 radical (unpaired) electrons. The van der Waals surface area contributed by atoms with Gasteiger partial charge in [-0.3, -0.25) is 14.8 Å². The molecule has 3 N–H and O–H groups in total. The molecule has 140 valence electrons. The molecule has 1 aromatic rings. The fraction of sp³-hybridized carbons (Fsp3) is 0.579. The van der Waals surface area contributed by atoms with Gasteiger partial charge < -0.3 is 10.2 Å². The monoisotopic (exact) mass is 361 g/mol. The van der Waals surface area contributed by atoms with E-state index in [1.54, 1.807) is 16.4 Å². The van der Waals surface area contributed by atoms with E-state index in [0.29, 0.717) is 19.5 Å². The Kier molecular flexibility index (Phi) is 4.44. The Labute approximate surface area is 151 Å². The van der Waals surface area contributed by atoms with E-state index >= 15 is 0 Å². The van der Waals surface area contributed by atoms with Crippen LogP contribution in [-0.2, 0) is 9.59 Å². The van der Waals surface area contributed by atoms with Gasteiger partial charge in [-0.2, -0.15) is 0 Å². The van der Waals surface area contributed by atoms with Gasteiger partial charge >= 0.3 is 0 Å². The van der Waals surface area contributed by atoms with Crippen LogP contribution in [-0.4, -0.2) is 47.6 Å². The lowest BCUT2D eigenvalue weighted by Gasteiger charge is -2.37. The van der Waals surface area contributed by atoms with Gasteiger partial charge in [0.05, 0.1) is 12.0 Å². The molecule has 7 heteroatoms. The zero-order chi connectivity index (χ0) is 18.3. The minimum Gasteiger partial charge on any atom is -0.341 e. The maximum Gasteiger partial charge on any atom is 0.248 e. The number of rotatable bonds is 3. The number of nitrogens with one attached hydrogen (secondary N) is 2. The summed E-state index contributed by atoms with van der Waals surface area (Å²) in [6.45, 7) is 1.86. The van der Waals surface area contributed by atoms with Crippen molar-refractivity contribution in [3.8, 4) is 0 Å². The van der Waals surface area contributed by atoms with Crippen LogP contribution in [0, 0.1) is 17.2 Å². The van der Waals surface area contributed by atoms with Crippen LogP contribution in [0.25, 0.3) is 0 Å². The van der Waals surface area contributed by atoms with Crippen molar-refractivity contribution in [3.63, 3.8) is 0 Å². The van der Waals surface area contributed by atoms with E-state index in [2.05, 4.69) is 5.32 Å². The van der Waals surface area contributed by atoms with E-state index in [9.17, 15) is 14.0 Å². The van der Waals surface area contributed by atoms with Gasteiger partial charge in [0.1, 0.15) is 5.82 Å².